The van der Waals surface area contributed by atoms with Gasteiger partial charge in [-0.1, -0.05) is 39.0 Å². The number of benzene rings is 1. The zero-order valence-electron chi connectivity index (χ0n) is 14.1. The fourth-order valence-corrected chi connectivity index (χ4v) is 2.03. The summed E-state index contributed by atoms with van der Waals surface area (Å²) in [6.07, 6.45) is 0. The van der Waals surface area contributed by atoms with Crippen LogP contribution in [0.1, 0.15) is 49.3 Å². The molecule has 1 amide bonds. The summed E-state index contributed by atoms with van der Waals surface area (Å²) in [5.74, 6) is -0.225. The van der Waals surface area contributed by atoms with Crippen molar-refractivity contribution in [2.75, 3.05) is 0 Å². The van der Waals surface area contributed by atoms with Crippen molar-refractivity contribution in [3.63, 3.8) is 0 Å². The van der Waals surface area contributed by atoms with Gasteiger partial charge in [-0.05, 0) is 32.4 Å². The largest absolute Gasteiger partial charge is 0.273 e. The number of nitrogens with zero attached hydrogens (tertiary/aromatic N) is 2. The molecule has 0 aliphatic heterocycles. The van der Waals surface area contributed by atoms with Gasteiger partial charge in [0.2, 0.25) is 0 Å². The predicted molar refractivity (Wildman–Crippen MR) is 91.2 cm³/mol. The van der Waals surface area contributed by atoms with Crippen LogP contribution in [0, 0.1) is 19.3 Å². The quantitative estimate of drug-likeness (QED) is 0.672. The van der Waals surface area contributed by atoms with Crippen LogP contribution in [0.5, 0.6) is 0 Å². The van der Waals surface area contributed by atoms with E-state index in [9.17, 15) is 4.79 Å². The summed E-state index contributed by atoms with van der Waals surface area (Å²) < 4.78 is 0. The number of aromatic nitrogens is 1. The maximum atomic E-state index is 12.4. The Morgan fingerprint density at radius 2 is 1.91 bits per heavy atom. The number of amides is 1. The minimum Gasteiger partial charge on any atom is -0.267 e. The van der Waals surface area contributed by atoms with E-state index in [0.29, 0.717) is 11.3 Å². The third kappa shape index (κ3) is 3.32. The van der Waals surface area contributed by atoms with E-state index in [2.05, 4.69) is 36.3 Å². The summed E-state index contributed by atoms with van der Waals surface area (Å²) in [5.41, 5.74) is 6.76. The molecule has 1 aromatic heterocycles. The first-order valence-corrected chi connectivity index (χ1v) is 7.42. The number of fused-ring (bicyclic) bond motifs is 1. The summed E-state index contributed by atoms with van der Waals surface area (Å²) >= 11 is 0. The number of aryl methyl sites for hydroxylation is 2. The third-order valence-corrected chi connectivity index (χ3v) is 3.89. The number of nitrogens with one attached hydrogen (secondary N) is 1. The van der Waals surface area contributed by atoms with E-state index < -0.39 is 0 Å². The molecule has 0 aliphatic rings. The van der Waals surface area contributed by atoms with Crippen LogP contribution >= 0.6 is 0 Å². The molecule has 0 radical (unpaired) electrons. The Morgan fingerprint density at radius 3 is 2.55 bits per heavy atom. The first-order chi connectivity index (χ1) is 10.2. The number of rotatable bonds is 2. The number of hydrogen-bond acceptors (Lipinski definition) is 3. The lowest BCUT2D eigenvalue weighted by Crippen LogP contribution is -2.25. The molecule has 22 heavy (non-hydrogen) atoms. The highest BCUT2D eigenvalue weighted by molar-refractivity contribution is 5.99. The predicted octanol–water partition coefficient (Wildman–Crippen LogP) is 4.00. The molecule has 0 atom stereocenters. The number of pyridine rings is 1. The van der Waals surface area contributed by atoms with Crippen molar-refractivity contribution in [2.45, 2.75) is 41.5 Å². The highest BCUT2D eigenvalue weighted by Crippen LogP contribution is 2.20. The fraction of sp³-hybridized carbons (Fsp3) is 0.389. The molecular weight excluding hydrogens is 274 g/mol. The first-order valence-electron chi connectivity index (χ1n) is 7.42. The molecule has 2 aromatic rings. The Balaban J connectivity index is 2.35. The lowest BCUT2D eigenvalue weighted by molar-refractivity contribution is 0.0953. The summed E-state index contributed by atoms with van der Waals surface area (Å²) in [6.45, 7) is 12.0. The van der Waals surface area contributed by atoms with E-state index in [1.165, 1.54) is 0 Å². The van der Waals surface area contributed by atoms with Gasteiger partial charge in [-0.2, -0.15) is 5.10 Å². The molecule has 0 bridgehead atoms. The highest BCUT2D eigenvalue weighted by atomic mass is 16.2. The zero-order valence-corrected chi connectivity index (χ0v) is 14.1. The van der Waals surface area contributed by atoms with Crippen molar-refractivity contribution in [1.82, 2.24) is 10.4 Å². The topological polar surface area (TPSA) is 54.4 Å². The van der Waals surface area contributed by atoms with Gasteiger partial charge in [0.25, 0.3) is 5.91 Å². The van der Waals surface area contributed by atoms with Crippen LogP contribution in [0.4, 0.5) is 0 Å². The van der Waals surface area contributed by atoms with Crippen molar-refractivity contribution in [3.05, 3.63) is 41.1 Å². The van der Waals surface area contributed by atoms with Crippen LogP contribution in [0.3, 0.4) is 0 Å². The molecule has 0 unspecified atom stereocenters. The Labute approximate surface area is 131 Å². The standard InChI is InChI=1S/C18H23N3O/c1-11-8-7-9-14-10-15(12(2)19-16(11)14)17(22)21-20-13(3)18(4,5)6/h7-10H,1-6H3,(H,21,22). The summed E-state index contributed by atoms with van der Waals surface area (Å²) in [6, 6.07) is 7.83. The second-order valence-corrected chi connectivity index (χ2v) is 6.66. The van der Waals surface area contributed by atoms with Crippen LogP contribution in [0.2, 0.25) is 0 Å². The second kappa shape index (κ2) is 5.87. The van der Waals surface area contributed by atoms with Gasteiger partial charge in [0, 0.05) is 16.5 Å². The average molecular weight is 297 g/mol. The van der Waals surface area contributed by atoms with Gasteiger partial charge < -0.3 is 0 Å². The van der Waals surface area contributed by atoms with E-state index in [4.69, 9.17) is 0 Å². The van der Waals surface area contributed by atoms with E-state index >= 15 is 0 Å². The van der Waals surface area contributed by atoms with Crippen molar-refractivity contribution in [2.24, 2.45) is 10.5 Å². The maximum absolute atomic E-state index is 12.4. The molecule has 1 aromatic carbocycles. The summed E-state index contributed by atoms with van der Waals surface area (Å²) in [4.78, 5) is 16.9. The highest BCUT2D eigenvalue weighted by Gasteiger charge is 2.16. The molecule has 0 spiro atoms. The maximum Gasteiger partial charge on any atom is 0.273 e. The minimum atomic E-state index is -0.225. The molecule has 1 N–H and O–H groups in total. The molecule has 0 saturated heterocycles. The van der Waals surface area contributed by atoms with Gasteiger partial charge in [-0.15, -0.1) is 0 Å². The van der Waals surface area contributed by atoms with Gasteiger partial charge >= 0.3 is 0 Å². The molecule has 2 rings (SSSR count). The Hall–Kier alpha value is -2.23. The van der Waals surface area contributed by atoms with Gasteiger partial charge in [0.05, 0.1) is 16.8 Å². The van der Waals surface area contributed by atoms with Crippen LogP contribution in [0.15, 0.2) is 29.4 Å². The Morgan fingerprint density at radius 1 is 1.23 bits per heavy atom. The van der Waals surface area contributed by atoms with Crippen LogP contribution in [-0.4, -0.2) is 16.6 Å². The molecule has 0 saturated carbocycles. The molecule has 4 nitrogen and oxygen atoms in total. The Kier molecular flexibility index (Phi) is 4.31. The molecule has 1 heterocycles. The van der Waals surface area contributed by atoms with Crippen LogP contribution in [-0.2, 0) is 0 Å². The van der Waals surface area contributed by atoms with E-state index in [1.807, 2.05) is 45.0 Å². The number of carbonyl (C=O) groups excluding carboxylic acids is 1. The van der Waals surface area contributed by atoms with Crippen LogP contribution < -0.4 is 5.43 Å². The average Bonchev–Trinajstić information content (AvgIpc) is 2.43. The first kappa shape index (κ1) is 16.1. The number of hydrogen-bond donors (Lipinski definition) is 1. The lowest BCUT2D eigenvalue weighted by Gasteiger charge is -2.17. The number of hydrazone groups is 1. The van der Waals surface area contributed by atoms with E-state index in [1.54, 1.807) is 0 Å². The van der Waals surface area contributed by atoms with Gasteiger partial charge in [0.15, 0.2) is 0 Å². The van der Waals surface area contributed by atoms with Crippen molar-refractivity contribution >= 4 is 22.5 Å². The molecule has 4 heteroatoms. The third-order valence-electron chi connectivity index (χ3n) is 3.89. The van der Waals surface area contributed by atoms with E-state index in [-0.39, 0.29) is 11.3 Å². The SMILES string of the molecule is CC(=NNC(=O)c1cc2cccc(C)c2nc1C)C(C)(C)C. The zero-order chi connectivity index (χ0) is 16.5. The van der Waals surface area contributed by atoms with Crippen LogP contribution in [0.25, 0.3) is 10.9 Å². The normalized spacial score (nSPS) is 12.5. The summed E-state index contributed by atoms with van der Waals surface area (Å²) in [7, 11) is 0. The number of carbonyl (C=O) groups is 1. The summed E-state index contributed by atoms with van der Waals surface area (Å²) in [5, 5.41) is 5.16. The van der Waals surface area contributed by atoms with Crippen molar-refractivity contribution in [3.8, 4) is 0 Å². The van der Waals surface area contributed by atoms with E-state index in [0.717, 1.165) is 22.2 Å². The minimum absolute atomic E-state index is 0.0684. The van der Waals surface area contributed by atoms with Gasteiger partial charge in [-0.3, -0.25) is 9.78 Å². The smallest absolute Gasteiger partial charge is 0.267 e. The van der Waals surface area contributed by atoms with Crippen molar-refractivity contribution in [1.29, 1.82) is 0 Å². The van der Waals surface area contributed by atoms with Crippen molar-refractivity contribution < 1.29 is 4.79 Å². The molecule has 0 fully saturated rings. The fourth-order valence-electron chi connectivity index (χ4n) is 2.03. The Bertz CT molecular complexity index is 755. The molecule has 0 aliphatic carbocycles. The lowest BCUT2D eigenvalue weighted by atomic mass is 9.91. The monoisotopic (exact) mass is 297 g/mol. The van der Waals surface area contributed by atoms with Gasteiger partial charge in [0.1, 0.15) is 0 Å². The molecular formula is C18H23N3O. The number of para-hydroxylation sites is 1. The van der Waals surface area contributed by atoms with Gasteiger partial charge in [-0.25, -0.2) is 5.43 Å². The molecule has 116 valence electrons. The second-order valence-electron chi connectivity index (χ2n) is 6.66.